The molecule has 1 aliphatic carbocycles. The molecular weight excluding hydrogens is 237 g/mol. The van der Waals surface area contributed by atoms with Crippen LogP contribution in [0.4, 0.5) is 4.39 Å². The molecular formula is C14H19ClFN. The molecule has 1 nitrogen and oxygen atoms in total. The van der Waals surface area contributed by atoms with Gasteiger partial charge in [-0.2, -0.15) is 0 Å². The van der Waals surface area contributed by atoms with Crippen molar-refractivity contribution in [2.75, 3.05) is 6.54 Å². The van der Waals surface area contributed by atoms with E-state index < -0.39 is 0 Å². The zero-order chi connectivity index (χ0) is 12.6. The van der Waals surface area contributed by atoms with Crippen molar-refractivity contribution in [2.24, 2.45) is 11.3 Å². The number of hydrogen-bond donors (Lipinski definition) is 1. The second-order valence-electron chi connectivity index (χ2n) is 5.50. The molecule has 0 spiro atoms. The number of hydrogen-bond acceptors (Lipinski definition) is 1. The lowest BCUT2D eigenvalue weighted by atomic mass is 9.97. The summed E-state index contributed by atoms with van der Waals surface area (Å²) in [6, 6.07) is 4.78. The molecule has 2 atom stereocenters. The fraction of sp³-hybridized carbons (Fsp3) is 0.571. The van der Waals surface area contributed by atoms with Crippen molar-refractivity contribution in [1.82, 2.24) is 5.32 Å². The van der Waals surface area contributed by atoms with Crippen LogP contribution in [0, 0.1) is 17.2 Å². The highest BCUT2D eigenvalue weighted by atomic mass is 35.5. The molecule has 0 aromatic heterocycles. The van der Waals surface area contributed by atoms with E-state index in [1.54, 1.807) is 12.1 Å². The smallest absolute Gasteiger partial charge is 0.123 e. The maximum atomic E-state index is 13.3. The molecule has 1 fully saturated rings. The third-order valence-corrected chi connectivity index (χ3v) is 4.05. The van der Waals surface area contributed by atoms with Crippen LogP contribution in [0.25, 0.3) is 0 Å². The highest BCUT2D eigenvalue weighted by Gasteiger charge is 2.50. The summed E-state index contributed by atoms with van der Waals surface area (Å²) in [5.74, 6) is 0.326. The Bertz CT molecular complexity index is 417. The summed E-state index contributed by atoms with van der Waals surface area (Å²) < 4.78 is 13.3. The van der Waals surface area contributed by atoms with Crippen LogP contribution in [0.3, 0.4) is 0 Å². The van der Waals surface area contributed by atoms with Gasteiger partial charge in [-0.1, -0.05) is 32.4 Å². The van der Waals surface area contributed by atoms with Gasteiger partial charge in [0.25, 0.3) is 0 Å². The fourth-order valence-electron chi connectivity index (χ4n) is 2.52. The Balaban J connectivity index is 2.30. The first-order valence-corrected chi connectivity index (χ1v) is 6.52. The van der Waals surface area contributed by atoms with E-state index in [9.17, 15) is 4.39 Å². The minimum atomic E-state index is -0.217. The van der Waals surface area contributed by atoms with Gasteiger partial charge >= 0.3 is 0 Å². The molecule has 0 heterocycles. The zero-order valence-corrected chi connectivity index (χ0v) is 11.3. The minimum absolute atomic E-state index is 0.165. The molecule has 0 radical (unpaired) electrons. The monoisotopic (exact) mass is 255 g/mol. The molecule has 17 heavy (non-hydrogen) atoms. The van der Waals surface area contributed by atoms with Crippen LogP contribution in [0.5, 0.6) is 0 Å². The highest BCUT2D eigenvalue weighted by molar-refractivity contribution is 6.31. The summed E-state index contributed by atoms with van der Waals surface area (Å²) in [7, 11) is 0. The van der Waals surface area contributed by atoms with Crippen molar-refractivity contribution < 1.29 is 4.39 Å². The Labute approximate surface area is 107 Å². The van der Waals surface area contributed by atoms with Crippen LogP contribution in [-0.4, -0.2) is 6.54 Å². The van der Waals surface area contributed by atoms with Crippen molar-refractivity contribution in [3.05, 3.63) is 34.6 Å². The van der Waals surface area contributed by atoms with Crippen molar-refractivity contribution in [2.45, 2.75) is 33.2 Å². The molecule has 3 heteroatoms. The summed E-state index contributed by atoms with van der Waals surface area (Å²) >= 11 is 6.18. The lowest BCUT2D eigenvalue weighted by molar-refractivity contribution is 0.422. The van der Waals surface area contributed by atoms with Gasteiger partial charge in [0.2, 0.25) is 0 Å². The Morgan fingerprint density at radius 3 is 2.71 bits per heavy atom. The van der Waals surface area contributed by atoms with Crippen molar-refractivity contribution >= 4 is 11.6 Å². The van der Waals surface area contributed by atoms with Gasteiger partial charge in [0.1, 0.15) is 5.82 Å². The number of rotatable bonds is 4. The molecule has 1 aliphatic rings. The number of halogens is 2. The topological polar surface area (TPSA) is 12.0 Å². The average molecular weight is 256 g/mol. The van der Waals surface area contributed by atoms with Crippen LogP contribution in [0.15, 0.2) is 18.2 Å². The lowest BCUT2D eigenvalue weighted by Crippen LogP contribution is -2.24. The van der Waals surface area contributed by atoms with Gasteiger partial charge in [-0.05, 0) is 48.1 Å². The third kappa shape index (κ3) is 2.63. The molecule has 1 N–H and O–H groups in total. The van der Waals surface area contributed by atoms with Gasteiger partial charge in [0, 0.05) is 11.1 Å². The maximum absolute atomic E-state index is 13.3. The van der Waals surface area contributed by atoms with Crippen LogP contribution in [0.2, 0.25) is 5.02 Å². The molecule has 1 aromatic carbocycles. The van der Waals surface area contributed by atoms with Crippen LogP contribution in [-0.2, 0) is 0 Å². The van der Waals surface area contributed by atoms with Crippen molar-refractivity contribution in [1.29, 1.82) is 0 Å². The second-order valence-corrected chi connectivity index (χ2v) is 5.91. The molecule has 1 aromatic rings. The SMILES string of the molecule is CCNC(c1cc(F)ccc1Cl)C1CC1(C)C. The highest BCUT2D eigenvalue weighted by Crippen LogP contribution is 2.58. The number of nitrogens with one attached hydrogen (secondary N) is 1. The minimum Gasteiger partial charge on any atom is -0.310 e. The van der Waals surface area contributed by atoms with Gasteiger partial charge < -0.3 is 5.32 Å². The van der Waals surface area contributed by atoms with Crippen molar-refractivity contribution in [3.63, 3.8) is 0 Å². The Morgan fingerprint density at radius 2 is 2.18 bits per heavy atom. The Kier molecular flexibility index (Phi) is 3.46. The summed E-state index contributed by atoms with van der Waals surface area (Å²) in [4.78, 5) is 0. The fourth-order valence-corrected chi connectivity index (χ4v) is 2.75. The van der Waals surface area contributed by atoms with Gasteiger partial charge in [-0.3, -0.25) is 0 Å². The van der Waals surface area contributed by atoms with E-state index >= 15 is 0 Å². The molecule has 94 valence electrons. The van der Waals surface area contributed by atoms with E-state index in [0.717, 1.165) is 18.5 Å². The van der Waals surface area contributed by atoms with E-state index in [2.05, 4.69) is 26.1 Å². The quantitative estimate of drug-likeness (QED) is 0.851. The molecule has 0 aliphatic heterocycles. The predicted molar refractivity (Wildman–Crippen MR) is 69.7 cm³/mol. The van der Waals surface area contributed by atoms with Crippen LogP contribution < -0.4 is 5.32 Å². The van der Waals surface area contributed by atoms with Gasteiger partial charge in [-0.15, -0.1) is 0 Å². The Morgan fingerprint density at radius 1 is 1.53 bits per heavy atom. The molecule has 2 rings (SSSR count). The summed E-state index contributed by atoms with van der Waals surface area (Å²) in [5.41, 5.74) is 1.23. The van der Waals surface area contributed by atoms with Gasteiger partial charge in [0.15, 0.2) is 0 Å². The largest absolute Gasteiger partial charge is 0.310 e. The second kappa shape index (κ2) is 4.58. The molecule has 0 saturated heterocycles. The summed E-state index contributed by atoms with van der Waals surface area (Å²) in [6.07, 6.45) is 1.16. The molecule has 1 saturated carbocycles. The van der Waals surface area contributed by atoms with E-state index in [4.69, 9.17) is 11.6 Å². The molecule has 2 unspecified atom stereocenters. The molecule has 0 amide bonds. The summed E-state index contributed by atoms with van der Waals surface area (Å²) in [5, 5.41) is 4.09. The van der Waals surface area contributed by atoms with E-state index in [0.29, 0.717) is 16.4 Å². The predicted octanol–water partition coefficient (Wildman–Crippen LogP) is 4.18. The normalized spacial score (nSPS) is 23.5. The molecule has 0 bridgehead atoms. The first-order chi connectivity index (χ1) is 7.95. The first kappa shape index (κ1) is 12.8. The Hall–Kier alpha value is -0.600. The number of benzene rings is 1. The van der Waals surface area contributed by atoms with Gasteiger partial charge in [0.05, 0.1) is 0 Å². The van der Waals surface area contributed by atoms with Gasteiger partial charge in [-0.25, -0.2) is 4.39 Å². The van der Waals surface area contributed by atoms with E-state index in [1.807, 2.05) is 0 Å². The van der Waals surface area contributed by atoms with Crippen LogP contribution in [0.1, 0.15) is 38.8 Å². The van der Waals surface area contributed by atoms with E-state index in [1.165, 1.54) is 6.07 Å². The first-order valence-electron chi connectivity index (χ1n) is 6.14. The third-order valence-electron chi connectivity index (χ3n) is 3.71. The summed E-state index contributed by atoms with van der Waals surface area (Å²) in [6.45, 7) is 7.42. The van der Waals surface area contributed by atoms with E-state index in [-0.39, 0.29) is 11.9 Å². The van der Waals surface area contributed by atoms with Crippen molar-refractivity contribution in [3.8, 4) is 0 Å². The average Bonchev–Trinajstić information content (AvgIpc) is 2.88. The van der Waals surface area contributed by atoms with Crippen LogP contribution >= 0.6 is 11.6 Å². The standard InChI is InChI=1S/C14H19ClFN/c1-4-17-13(11-8-14(11,2)3)10-7-9(16)5-6-12(10)15/h5-7,11,13,17H,4,8H2,1-3H3. The zero-order valence-electron chi connectivity index (χ0n) is 10.6. The lowest BCUT2D eigenvalue weighted by Gasteiger charge is -2.21. The maximum Gasteiger partial charge on any atom is 0.123 e.